The number of thioether (sulfide) groups is 1. The molecule has 1 amide bonds. The van der Waals surface area contributed by atoms with Crippen molar-refractivity contribution in [2.24, 2.45) is 0 Å². The molecule has 0 heterocycles. The Morgan fingerprint density at radius 2 is 2.20 bits per heavy atom. The van der Waals surface area contributed by atoms with Gasteiger partial charge >= 0.3 is 6.09 Å². The normalized spacial score (nSPS) is 13.1. The van der Waals surface area contributed by atoms with E-state index in [1.54, 1.807) is 17.8 Å². The number of carbonyl (C=O) groups excluding carboxylic acids is 1. The molecule has 0 aromatic rings. The summed E-state index contributed by atoms with van der Waals surface area (Å²) in [7, 11) is 0. The van der Waals surface area contributed by atoms with Crippen molar-refractivity contribution in [3.05, 3.63) is 12.7 Å². The molecule has 0 saturated heterocycles. The molecule has 0 rings (SSSR count). The molecule has 0 aliphatic rings. The lowest BCUT2D eigenvalue weighted by Crippen LogP contribution is -2.38. The quantitative estimate of drug-likeness (QED) is 0.739. The van der Waals surface area contributed by atoms with Gasteiger partial charge in [0, 0.05) is 0 Å². The molecule has 0 saturated carbocycles. The van der Waals surface area contributed by atoms with Crippen molar-refractivity contribution in [3.63, 3.8) is 0 Å². The number of nitrogens with one attached hydrogen (secondary N) is 1. The first-order chi connectivity index (χ1) is 6.89. The van der Waals surface area contributed by atoms with Crippen molar-refractivity contribution in [1.29, 1.82) is 0 Å². The minimum absolute atomic E-state index is 0.00713. The van der Waals surface area contributed by atoms with Gasteiger partial charge in [-0.15, -0.1) is 6.58 Å². The molecule has 0 aliphatic carbocycles. The van der Waals surface area contributed by atoms with Gasteiger partial charge in [0.05, 0.1) is 6.04 Å². The second kappa shape index (κ2) is 6.77. The molecule has 0 bridgehead atoms. The first kappa shape index (κ1) is 14.4. The summed E-state index contributed by atoms with van der Waals surface area (Å²) in [5, 5.41) is 2.77. The molecule has 0 fully saturated rings. The Hall–Kier alpha value is -0.640. The minimum atomic E-state index is -0.449. The van der Waals surface area contributed by atoms with Crippen molar-refractivity contribution in [2.75, 3.05) is 12.0 Å². The fraction of sp³-hybridized carbons (Fsp3) is 0.727. The number of hydrogen-bond donors (Lipinski definition) is 1. The van der Waals surface area contributed by atoms with Gasteiger partial charge in [-0.3, -0.25) is 0 Å². The number of hydrogen-bond acceptors (Lipinski definition) is 3. The molecule has 4 heteroatoms. The van der Waals surface area contributed by atoms with Crippen LogP contribution in [0.3, 0.4) is 0 Å². The zero-order chi connectivity index (χ0) is 11.9. The lowest BCUT2D eigenvalue weighted by molar-refractivity contribution is 0.0514. The fourth-order valence-electron chi connectivity index (χ4n) is 0.953. The van der Waals surface area contributed by atoms with Crippen LogP contribution >= 0.6 is 11.8 Å². The predicted molar refractivity (Wildman–Crippen MR) is 66.4 cm³/mol. The summed E-state index contributed by atoms with van der Waals surface area (Å²) in [5.74, 6) is 0.993. The van der Waals surface area contributed by atoms with Gasteiger partial charge in [-0.2, -0.15) is 11.8 Å². The molecule has 15 heavy (non-hydrogen) atoms. The summed E-state index contributed by atoms with van der Waals surface area (Å²) in [5.41, 5.74) is -0.449. The van der Waals surface area contributed by atoms with E-state index >= 15 is 0 Å². The summed E-state index contributed by atoms with van der Waals surface area (Å²) in [4.78, 5) is 11.4. The van der Waals surface area contributed by atoms with Crippen LogP contribution in [0.15, 0.2) is 12.7 Å². The van der Waals surface area contributed by atoms with Crippen molar-refractivity contribution in [1.82, 2.24) is 5.32 Å². The second-order valence-electron chi connectivity index (χ2n) is 4.27. The zero-order valence-electron chi connectivity index (χ0n) is 10.0. The van der Waals surface area contributed by atoms with E-state index in [0.717, 1.165) is 12.2 Å². The van der Waals surface area contributed by atoms with E-state index in [9.17, 15) is 4.79 Å². The van der Waals surface area contributed by atoms with Crippen molar-refractivity contribution < 1.29 is 9.53 Å². The van der Waals surface area contributed by atoms with Crippen LogP contribution in [0.5, 0.6) is 0 Å². The highest BCUT2D eigenvalue weighted by molar-refractivity contribution is 7.98. The van der Waals surface area contributed by atoms with Crippen LogP contribution in [0.1, 0.15) is 27.2 Å². The van der Waals surface area contributed by atoms with Gasteiger partial charge in [0.25, 0.3) is 0 Å². The Bertz CT molecular complexity index is 211. The molecular weight excluding hydrogens is 210 g/mol. The first-order valence-corrected chi connectivity index (χ1v) is 6.39. The monoisotopic (exact) mass is 231 g/mol. The highest BCUT2D eigenvalue weighted by Gasteiger charge is 2.17. The first-order valence-electron chi connectivity index (χ1n) is 5.00. The Morgan fingerprint density at radius 3 is 2.60 bits per heavy atom. The number of amides is 1. The van der Waals surface area contributed by atoms with Crippen LogP contribution in [0, 0.1) is 0 Å². The van der Waals surface area contributed by atoms with Crippen molar-refractivity contribution >= 4 is 17.9 Å². The number of alkyl carbamates (subject to hydrolysis) is 1. The summed E-state index contributed by atoms with van der Waals surface area (Å²) in [6.45, 7) is 9.22. The molecule has 1 atom stereocenters. The van der Waals surface area contributed by atoms with Gasteiger partial charge in [-0.1, -0.05) is 6.08 Å². The van der Waals surface area contributed by atoms with E-state index in [1.165, 1.54) is 0 Å². The van der Waals surface area contributed by atoms with E-state index in [0.29, 0.717) is 0 Å². The van der Waals surface area contributed by atoms with Crippen LogP contribution in [-0.4, -0.2) is 29.7 Å². The van der Waals surface area contributed by atoms with Crippen molar-refractivity contribution in [3.8, 4) is 0 Å². The highest BCUT2D eigenvalue weighted by Crippen LogP contribution is 2.08. The van der Waals surface area contributed by atoms with Crippen molar-refractivity contribution in [2.45, 2.75) is 38.8 Å². The zero-order valence-corrected chi connectivity index (χ0v) is 10.8. The molecule has 0 radical (unpaired) electrons. The van der Waals surface area contributed by atoms with E-state index in [-0.39, 0.29) is 12.1 Å². The fourth-order valence-corrected chi connectivity index (χ4v) is 1.44. The molecule has 1 unspecified atom stereocenters. The van der Waals surface area contributed by atoms with Crippen LogP contribution in [0.4, 0.5) is 4.79 Å². The predicted octanol–water partition coefficient (Wildman–Crippen LogP) is 2.82. The van der Waals surface area contributed by atoms with Gasteiger partial charge in [0.1, 0.15) is 5.60 Å². The molecule has 0 aromatic heterocycles. The molecule has 0 aliphatic heterocycles. The smallest absolute Gasteiger partial charge is 0.408 e. The summed E-state index contributed by atoms with van der Waals surface area (Å²) in [6, 6.07) is -0.00713. The van der Waals surface area contributed by atoms with Gasteiger partial charge in [-0.25, -0.2) is 4.79 Å². The minimum Gasteiger partial charge on any atom is -0.444 e. The third-order valence-electron chi connectivity index (χ3n) is 1.62. The standard InChI is InChI=1S/C11H21NO2S/c1-6-9(7-8-15-5)12-10(13)14-11(2,3)4/h6,9H,1,7-8H2,2-5H3,(H,12,13). The lowest BCUT2D eigenvalue weighted by atomic mass is 10.2. The largest absolute Gasteiger partial charge is 0.444 e. The topological polar surface area (TPSA) is 38.3 Å². The van der Waals surface area contributed by atoms with Crippen LogP contribution in [-0.2, 0) is 4.74 Å². The Kier molecular flexibility index (Phi) is 6.48. The van der Waals surface area contributed by atoms with Crippen LogP contribution in [0.2, 0.25) is 0 Å². The highest BCUT2D eigenvalue weighted by atomic mass is 32.2. The number of rotatable bonds is 5. The van der Waals surface area contributed by atoms with E-state index < -0.39 is 5.60 Å². The molecular formula is C11H21NO2S. The maximum atomic E-state index is 11.4. The van der Waals surface area contributed by atoms with E-state index in [4.69, 9.17) is 4.74 Å². The molecule has 1 N–H and O–H groups in total. The number of carbonyl (C=O) groups is 1. The number of ether oxygens (including phenoxy) is 1. The molecule has 3 nitrogen and oxygen atoms in total. The summed E-state index contributed by atoms with van der Waals surface area (Å²) in [6.07, 6.45) is 4.27. The average Bonchev–Trinajstić information content (AvgIpc) is 2.09. The molecule has 88 valence electrons. The Balaban J connectivity index is 3.96. The lowest BCUT2D eigenvalue weighted by Gasteiger charge is -2.22. The van der Waals surface area contributed by atoms with Gasteiger partial charge in [0.15, 0.2) is 0 Å². The summed E-state index contributed by atoms with van der Waals surface area (Å²) < 4.78 is 5.15. The second-order valence-corrected chi connectivity index (χ2v) is 5.26. The third-order valence-corrected chi connectivity index (χ3v) is 2.26. The maximum absolute atomic E-state index is 11.4. The average molecular weight is 231 g/mol. The third kappa shape index (κ3) is 8.36. The molecule has 0 spiro atoms. The summed E-state index contributed by atoms with van der Waals surface area (Å²) >= 11 is 1.75. The SMILES string of the molecule is C=CC(CCSC)NC(=O)OC(C)(C)C. The van der Waals surface area contributed by atoms with Crippen LogP contribution < -0.4 is 5.32 Å². The van der Waals surface area contributed by atoms with E-state index in [2.05, 4.69) is 11.9 Å². The van der Waals surface area contributed by atoms with Gasteiger partial charge in [0.2, 0.25) is 0 Å². The maximum Gasteiger partial charge on any atom is 0.408 e. The van der Waals surface area contributed by atoms with E-state index in [1.807, 2.05) is 27.0 Å². The van der Waals surface area contributed by atoms with Gasteiger partial charge in [-0.05, 0) is 39.2 Å². The molecule has 0 aromatic carbocycles. The van der Waals surface area contributed by atoms with Crippen LogP contribution in [0.25, 0.3) is 0 Å². The Labute approximate surface area is 96.6 Å². The Morgan fingerprint density at radius 1 is 1.60 bits per heavy atom. The van der Waals surface area contributed by atoms with Gasteiger partial charge < -0.3 is 10.1 Å².